The molecule has 0 radical (unpaired) electrons. The van der Waals surface area contributed by atoms with Gasteiger partial charge in [0.1, 0.15) is 22.9 Å². The van der Waals surface area contributed by atoms with Crippen LogP contribution in [0.5, 0.6) is 0 Å². The first kappa shape index (κ1) is 26.1. The van der Waals surface area contributed by atoms with Crippen molar-refractivity contribution in [3.8, 4) is 11.1 Å². The first-order chi connectivity index (χ1) is 17.2. The number of benzene rings is 2. The molecular weight excluding hydrogens is 499 g/mol. The zero-order valence-electron chi connectivity index (χ0n) is 20.5. The molecule has 2 heterocycles. The van der Waals surface area contributed by atoms with Crippen LogP contribution in [0.2, 0.25) is 0 Å². The van der Waals surface area contributed by atoms with Crippen LogP contribution in [0.15, 0.2) is 62.9 Å². The van der Waals surface area contributed by atoms with E-state index in [2.05, 4.69) is 16.3 Å². The minimum absolute atomic E-state index is 0.103. The Labute approximate surface area is 215 Å². The zero-order valence-corrected chi connectivity index (χ0v) is 22.2. The van der Waals surface area contributed by atoms with Gasteiger partial charge in [0.15, 0.2) is 6.17 Å². The highest BCUT2D eigenvalue weighted by atomic mass is 32.2. The van der Waals surface area contributed by atoms with E-state index in [1.807, 2.05) is 28.8 Å². The lowest BCUT2D eigenvalue weighted by atomic mass is 10.0. The van der Waals surface area contributed by atoms with E-state index in [1.54, 1.807) is 43.3 Å². The molecule has 0 spiro atoms. The molecule has 0 amide bonds. The quantitative estimate of drug-likeness (QED) is 0.292. The van der Waals surface area contributed by atoms with E-state index in [9.17, 15) is 17.6 Å². The van der Waals surface area contributed by atoms with E-state index >= 15 is 0 Å². The Hall–Kier alpha value is -2.98. The maximum absolute atomic E-state index is 14.2. The van der Waals surface area contributed by atoms with Crippen LogP contribution in [0, 0.1) is 0 Å². The topological polar surface area (TPSA) is 84.6 Å². The van der Waals surface area contributed by atoms with Crippen LogP contribution < -0.4 is 0 Å². The third-order valence-corrected chi connectivity index (χ3v) is 8.14. The number of hydrogen-bond acceptors (Lipinski definition) is 5. The van der Waals surface area contributed by atoms with Crippen LogP contribution in [0.4, 0.5) is 4.39 Å². The molecule has 190 valence electrons. The summed E-state index contributed by atoms with van der Waals surface area (Å²) < 4.78 is 45.5. The van der Waals surface area contributed by atoms with Crippen molar-refractivity contribution in [2.75, 3.05) is 19.8 Å². The van der Waals surface area contributed by atoms with E-state index in [4.69, 9.17) is 0 Å². The average Bonchev–Trinajstić information content (AvgIpc) is 3.22. The first-order valence-electron chi connectivity index (χ1n) is 11.8. The van der Waals surface area contributed by atoms with Crippen molar-refractivity contribution in [3.05, 3.63) is 65.6 Å². The summed E-state index contributed by atoms with van der Waals surface area (Å²) in [6, 6.07) is 14.2. The number of fused-ring (bicyclic) bond motifs is 1. The summed E-state index contributed by atoms with van der Waals surface area (Å²) in [6.07, 6.45) is 2.37. The molecule has 0 aliphatic carbocycles. The number of thioether (sulfide) groups is 1. The number of hydrogen-bond donors (Lipinski definition) is 0. The maximum Gasteiger partial charge on any atom is 0.284 e. The Kier molecular flexibility index (Phi) is 7.94. The standard InChI is InChI=1S/C26H29FN4O3S2/c1-4-5-10-23-29-26-24(25(32)21(27)16-35-26)31(23)15-18-11-13-19(14-12-18)20-8-6-7-9-22(20)36(33,34)28-17-30(2)3/h6-9,11-14,17,21H,4-5,10,15-16H2,1-3H3. The Balaban J connectivity index is 1.66. The molecule has 3 aromatic rings. The van der Waals surface area contributed by atoms with Gasteiger partial charge in [-0.15, -0.1) is 16.2 Å². The SMILES string of the molecule is CCCCc1nc2c(n1Cc1ccc(-c3ccccc3S(=O)(=O)N=CN(C)C)cc1)C(=O)C(F)CS2. The first-order valence-corrected chi connectivity index (χ1v) is 14.2. The van der Waals surface area contributed by atoms with E-state index < -0.39 is 22.0 Å². The minimum atomic E-state index is -3.88. The molecule has 1 aromatic heterocycles. The Morgan fingerprint density at radius 1 is 1.19 bits per heavy atom. The number of aryl methyl sites for hydroxylation is 1. The lowest BCUT2D eigenvalue weighted by Crippen LogP contribution is -2.26. The van der Waals surface area contributed by atoms with Gasteiger partial charge < -0.3 is 9.47 Å². The van der Waals surface area contributed by atoms with E-state index in [0.29, 0.717) is 29.2 Å². The van der Waals surface area contributed by atoms with Crippen LogP contribution in [0.3, 0.4) is 0 Å². The molecule has 1 atom stereocenters. The molecule has 0 fully saturated rings. The van der Waals surface area contributed by atoms with Crippen LogP contribution in [-0.4, -0.2) is 61.0 Å². The average molecular weight is 529 g/mol. The minimum Gasteiger partial charge on any atom is -0.368 e. The summed E-state index contributed by atoms with van der Waals surface area (Å²) in [5.41, 5.74) is 2.54. The summed E-state index contributed by atoms with van der Waals surface area (Å²) in [5, 5.41) is 0.606. The molecule has 0 saturated carbocycles. The number of carbonyl (C=O) groups is 1. The van der Waals surface area contributed by atoms with Gasteiger partial charge in [0.25, 0.3) is 10.0 Å². The van der Waals surface area contributed by atoms with Gasteiger partial charge in [-0.3, -0.25) is 4.79 Å². The van der Waals surface area contributed by atoms with Crippen molar-refractivity contribution in [2.24, 2.45) is 4.40 Å². The normalized spacial score (nSPS) is 15.9. The summed E-state index contributed by atoms with van der Waals surface area (Å²) in [7, 11) is -0.475. The molecule has 1 aliphatic heterocycles. The lowest BCUT2D eigenvalue weighted by molar-refractivity contribution is 0.0880. The number of Topliss-reactive ketones (excluding diaryl/α,β-unsaturated/α-hetero) is 1. The van der Waals surface area contributed by atoms with Crippen LogP contribution >= 0.6 is 11.8 Å². The molecule has 2 aromatic carbocycles. The van der Waals surface area contributed by atoms with Gasteiger partial charge in [0.2, 0.25) is 5.78 Å². The van der Waals surface area contributed by atoms with Gasteiger partial charge in [0, 0.05) is 38.4 Å². The Morgan fingerprint density at radius 3 is 2.61 bits per heavy atom. The van der Waals surface area contributed by atoms with Gasteiger partial charge in [-0.05, 0) is 23.6 Å². The van der Waals surface area contributed by atoms with Gasteiger partial charge in [-0.1, -0.05) is 55.8 Å². The van der Waals surface area contributed by atoms with E-state index in [1.165, 1.54) is 18.1 Å². The highest BCUT2D eigenvalue weighted by Gasteiger charge is 2.33. The number of nitrogens with zero attached hydrogens (tertiary/aromatic N) is 4. The number of halogens is 1. The molecule has 36 heavy (non-hydrogen) atoms. The van der Waals surface area contributed by atoms with Crippen molar-refractivity contribution in [1.29, 1.82) is 0 Å². The fourth-order valence-corrected chi connectivity index (χ4v) is 6.12. The van der Waals surface area contributed by atoms with Gasteiger partial charge in [0.05, 0.1) is 4.90 Å². The van der Waals surface area contributed by atoms with Gasteiger partial charge >= 0.3 is 0 Å². The second kappa shape index (κ2) is 11.0. The maximum atomic E-state index is 14.2. The molecule has 1 unspecified atom stereocenters. The number of ketones is 1. The predicted octanol–water partition coefficient (Wildman–Crippen LogP) is 4.85. The molecule has 4 rings (SSSR count). The fourth-order valence-electron chi connectivity index (χ4n) is 4.00. The number of sulfonamides is 1. The van der Waals surface area contributed by atoms with Gasteiger partial charge in [-0.2, -0.15) is 8.42 Å². The number of aromatic nitrogens is 2. The van der Waals surface area contributed by atoms with Crippen molar-refractivity contribution in [3.63, 3.8) is 0 Å². The third kappa shape index (κ3) is 5.54. The summed E-state index contributed by atoms with van der Waals surface area (Å²) in [5.74, 6) is 0.384. The van der Waals surface area contributed by atoms with Crippen LogP contribution in [0.1, 0.15) is 41.6 Å². The molecular formula is C26H29FN4O3S2. The highest BCUT2D eigenvalue weighted by Crippen LogP contribution is 2.33. The Bertz CT molecular complexity index is 1380. The molecule has 10 heteroatoms. The monoisotopic (exact) mass is 528 g/mol. The largest absolute Gasteiger partial charge is 0.368 e. The number of carbonyl (C=O) groups excluding carboxylic acids is 1. The van der Waals surface area contributed by atoms with Crippen molar-refractivity contribution in [2.45, 2.75) is 48.8 Å². The summed E-state index contributed by atoms with van der Waals surface area (Å²) >= 11 is 1.29. The molecule has 1 aliphatic rings. The van der Waals surface area contributed by atoms with Crippen LogP contribution in [0.25, 0.3) is 11.1 Å². The molecule has 0 N–H and O–H groups in total. The van der Waals surface area contributed by atoms with Gasteiger partial charge in [-0.25, -0.2) is 9.37 Å². The second-order valence-electron chi connectivity index (χ2n) is 8.87. The highest BCUT2D eigenvalue weighted by molar-refractivity contribution is 7.99. The van der Waals surface area contributed by atoms with Crippen molar-refractivity contribution < 1.29 is 17.6 Å². The van der Waals surface area contributed by atoms with E-state index in [0.717, 1.165) is 29.8 Å². The number of alkyl halides is 1. The number of rotatable bonds is 9. The predicted molar refractivity (Wildman–Crippen MR) is 141 cm³/mol. The second-order valence-corrected chi connectivity index (χ2v) is 11.5. The molecule has 7 nitrogen and oxygen atoms in total. The number of imidazole rings is 1. The fraction of sp³-hybridized carbons (Fsp3) is 0.346. The third-order valence-electron chi connectivity index (χ3n) is 5.84. The molecule has 0 bridgehead atoms. The van der Waals surface area contributed by atoms with Crippen LogP contribution in [-0.2, 0) is 23.0 Å². The van der Waals surface area contributed by atoms with Crippen molar-refractivity contribution >= 4 is 33.9 Å². The smallest absolute Gasteiger partial charge is 0.284 e. The van der Waals surface area contributed by atoms with E-state index in [-0.39, 0.29) is 10.6 Å². The lowest BCUT2D eigenvalue weighted by Gasteiger charge is -2.17. The summed E-state index contributed by atoms with van der Waals surface area (Å²) in [6.45, 7) is 2.47. The zero-order chi connectivity index (χ0) is 25.9. The number of unbranched alkanes of at least 4 members (excludes halogenated alkanes) is 1. The van der Waals surface area contributed by atoms with Crippen molar-refractivity contribution in [1.82, 2.24) is 14.5 Å². The summed E-state index contributed by atoms with van der Waals surface area (Å²) in [4.78, 5) is 19.0. The Morgan fingerprint density at radius 2 is 1.92 bits per heavy atom. The molecule has 0 saturated heterocycles.